The smallest absolute Gasteiger partial charge is 0.290 e. The largest absolute Gasteiger partial charge is 0.493 e. The van der Waals surface area contributed by atoms with Crippen LogP contribution < -0.4 is 15.8 Å². The molecular formula is C20H22N8O4. The molecular weight excluding hydrogens is 416 g/mol. The molecule has 0 aliphatic heterocycles. The average molecular weight is 438 g/mol. The first-order valence-corrected chi connectivity index (χ1v) is 9.69. The third kappa shape index (κ3) is 5.46. The van der Waals surface area contributed by atoms with Crippen LogP contribution in [0.5, 0.6) is 11.6 Å². The summed E-state index contributed by atoms with van der Waals surface area (Å²) < 4.78 is 6.14. The molecule has 1 saturated carbocycles. The van der Waals surface area contributed by atoms with Crippen molar-refractivity contribution < 1.29 is 19.7 Å². The Morgan fingerprint density at radius 3 is 2.72 bits per heavy atom. The number of H-pyrrole nitrogens is 1. The predicted molar refractivity (Wildman–Crippen MR) is 113 cm³/mol. The van der Waals surface area contributed by atoms with Crippen LogP contribution in [0.1, 0.15) is 30.7 Å². The summed E-state index contributed by atoms with van der Waals surface area (Å²) in [6.45, 7) is 1.54. The van der Waals surface area contributed by atoms with E-state index in [-0.39, 0.29) is 30.2 Å². The maximum atomic E-state index is 10.5. The molecule has 2 atom stereocenters. The number of nitrogens with zero attached hydrogens (tertiary/aromatic N) is 5. The van der Waals surface area contributed by atoms with Gasteiger partial charge in [0, 0.05) is 23.9 Å². The fourth-order valence-electron chi connectivity index (χ4n) is 3.33. The topological polar surface area (TPSA) is 196 Å². The summed E-state index contributed by atoms with van der Waals surface area (Å²) in [5, 5.41) is 36.2. The Kier molecular flexibility index (Phi) is 7.14. The van der Waals surface area contributed by atoms with E-state index in [4.69, 9.17) is 25.6 Å². The molecule has 0 radical (unpaired) electrons. The fraction of sp³-hybridized carbons (Fsp3) is 0.300. The number of aryl methyl sites for hydroxylation is 1. The number of hydrogen-bond donors (Lipinski definition) is 5. The standard InChI is InChI=1S/C19H20N8O2.CH2O2/c1-10-4-15(29-13-3-2-11(21)5-13)18(19(28)24-10)14-6-16(27-26-14)25-17-9-22-12(7-20)8-23-17;2-1-3/h4,6,8-9,11,13H,2-3,5,21H2,1H3,(H,24,28)(H2,23,25,26,27);1H,(H,2,3)/t11-,13+;/m0./s1. The Hall–Kier alpha value is -4.24. The van der Waals surface area contributed by atoms with Crippen LogP contribution in [0.4, 0.5) is 11.6 Å². The first kappa shape index (κ1) is 22.4. The molecule has 0 amide bonds. The third-order valence-corrected chi connectivity index (χ3v) is 4.68. The van der Waals surface area contributed by atoms with Crippen molar-refractivity contribution in [3.8, 4) is 29.0 Å². The molecule has 6 N–H and O–H groups in total. The minimum Gasteiger partial charge on any atom is -0.493 e. The lowest BCUT2D eigenvalue weighted by Crippen LogP contribution is -2.19. The van der Waals surface area contributed by atoms with Gasteiger partial charge in [0.25, 0.3) is 6.47 Å². The summed E-state index contributed by atoms with van der Waals surface area (Å²) in [5.74, 6) is 1.29. The minimum atomic E-state index is -0.250. The van der Waals surface area contributed by atoms with Crippen LogP contribution in [-0.2, 0) is 4.79 Å². The van der Waals surface area contributed by atoms with Crippen LogP contribution in [0, 0.1) is 18.3 Å². The Morgan fingerprint density at radius 1 is 1.31 bits per heavy atom. The number of rotatable bonds is 5. The Morgan fingerprint density at radius 2 is 2.09 bits per heavy atom. The lowest BCUT2D eigenvalue weighted by atomic mass is 10.1. The van der Waals surface area contributed by atoms with E-state index in [0.29, 0.717) is 34.3 Å². The molecule has 32 heavy (non-hydrogen) atoms. The van der Waals surface area contributed by atoms with Crippen molar-refractivity contribution in [3.05, 3.63) is 35.9 Å². The van der Waals surface area contributed by atoms with Crippen molar-refractivity contribution >= 4 is 18.1 Å². The van der Waals surface area contributed by atoms with Crippen molar-refractivity contribution in [2.24, 2.45) is 5.73 Å². The quantitative estimate of drug-likeness (QED) is 0.364. The highest BCUT2D eigenvalue weighted by molar-refractivity contribution is 5.74. The highest BCUT2D eigenvalue weighted by atomic mass is 16.5. The molecule has 1 aliphatic carbocycles. The summed E-state index contributed by atoms with van der Waals surface area (Å²) in [6, 6.07) is 5.55. The van der Waals surface area contributed by atoms with E-state index in [1.165, 1.54) is 12.4 Å². The number of ether oxygens (including phenoxy) is 1. The Bertz CT molecular complexity index is 1110. The molecule has 0 bridgehead atoms. The first-order chi connectivity index (χ1) is 15.4. The van der Waals surface area contributed by atoms with Gasteiger partial charge in [-0.15, -0.1) is 0 Å². The van der Waals surface area contributed by atoms with E-state index in [2.05, 4.69) is 30.5 Å². The number of aromatic amines is 1. The van der Waals surface area contributed by atoms with E-state index < -0.39 is 0 Å². The molecule has 0 aromatic carbocycles. The fourth-order valence-corrected chi connectivity index (χ4v) is 3.33. The van der Waals surface area contributed by atoms with E-state index in [1.807, 2.05) is 6.07 Å². The Labute approximate surface area is 183 Å². The number of aromatic hydroxyl groups is 1. The summed E-state index contributed by atoms with van der Waals surface area (Å²) in [4.78, 5) is 20.6. The molecule has 1 fully saturated rings. The second kappa shape index (κ2) is 10.2. The van der Waals surface area contributed by atoms with Crippen LogP contribution in [-0.4, -0.2) is 54.0 Å². The second-order valence-corrected chi connectivity index (χ2v) is 7.07. The molecule has 0 saturated heterocycles. The molecule has 12 heteroatoms. The number of nitrogens with one attached hydrogen (secondary N) is 2. The van der Waals surface area contributed by atoms with Gasteiger partial charge in [-0.2, -0.15) is 10.4 Å². The molecule has 3 aromatic heterocycles. The zero-order valence-electron chi connectivity index (χ0n) is 17.2. The van der Waals surface area contributed by atoms with E-state index in [1.54, 1.807) is 19.1 Å². The van der Waals surface area contributed by atoms with Gasteiger partial charge in [-0.05, 0) is 26.2 Å². The zero-order valence-corrected chi connectivity index (χ0v) is 17.2. The molecule has 0 unspecified atom stereocenters. The van der Waals surface area contributed by atoms with Crippen molar-refractivity contribution in [2.45, 2.75) is 38.3 Å². The summed E-state index contributed by atoms with van der Waals surface area (Å²) >= 11 is 0. The maximum Gasteiger partial charge on any atom is 0.290 e. The van der Waals surface area contributed by atoms with Gasteiger partial charge in [-0.25, -0.2) is 15.0 Å². The van der Waals surface area contributed by atoms with Crippen LogP contribution >= 0.6 is 0 Å². The summed E-state index contributed by atoms with van der Waals surface area (Å²) in [6.07, 6.45) is 5.36. The predicted octanol–water partition coefficient (Wildman–Crippen LogP) is 1.85. The van der Waals surface area contributed by atoms with Crippen LogP contribution in [0.15, 0.2) is 24.5 Å². The average Bonchev–Trinajstić information content (AvgIpc) is 3.37. The van der Waals surface area contributed by atoms with Gasteiger partial charge in [0.15, 0.2) is 11.5 Å². The van der Waals surface area contributed by atoms with Crippen molar-refractivity contribution in [1.82, 2.24) is 25.1 Å². The second-order valence-electron chi connectivity index (χ2n) is 7.07. The highest BCUT2D eigenvalue weighted by Gasteiger charge is 2.26. The number of hydrogen-bond acceptors (Lipinski definition) is 10. The third-order valence-electron chi connectivity index (χ3n) is 4.68. The van der Waals surface area contributed by atoms with Gasteiger partial charge in [-0.3, -0.25) is 9.89 Å². The lowest BCUT2D eigenvalue weighted by Gasteiger charge is -2.17. The molecule has 1 aliphatic rings. The zero-order chi connectivity index (χ0) is 23.1. The van der Waals surface area contributed by atoms with Gasteiger partial charge in [0.2, 0.25) is 5.88 Å². The lowest BCUT2D eigenvalue weighted by molar-refractivity contribution is -0.122. The summed E-state index contributed by atoms with van der Waals surface area (Å²) in [7, 11) is 0. The Balaban J connectivity index is 0.000000913. The normalized spacial score (nSPS) is 17.0. The van der Waals surface area contributed by atoms with E-state index in [0.717, 1.165) is 19.3 Å². The number of carbonyl (C=O) groups is 1. The van der Waals surface area contributed by atoms with Crippen molar-refractivity contribution in [3.63, 3.8) is 0 Å². The SMILES string of the molecule is Cc1cc(O[C@@H]2CC[C@H](N)C2)c(-c2cc(Nc3cnc(C#N)cn3)n[nH]2)c(O)n1.O=CO. The molecule has 3 aromatic rings. The number of carboxylic acid groups (broad SMARTS) is 1. The number of anilines is 2. The van der Waals surface area contributed by atoms with Gasteiger partial charge in [0.1, 0.15) is 29.3 Å². The van der Waals surface area contributed by atoms with Crippen molar-refractivity contribution in [1.29, 1.82) is 5.26 Å². The van der Waals surface area contributed by atoms with Crippen molar-refractivity contribution in [2.75, 3.05) is 5.32 Å². The maximum absolute atomic E-state index is 10.5. The minimum absolute atomic E-state index is 0.000565. The molecule has 3 heterocycles. The van der Waals surface area contributed by atoms with Crippen LogP contribution in [0.2, 0.25) is 0 Å². The molecule has 166 valence electrons. The molecule has 4 rings (SSSR count). The molecule has 0 spiro atoms. The van der Waals surface area contributed by atoms with Crippen LogP contribution in [0.25, 0.3) is 11.3 Å². The summed E-state index contributed by atoms with van der Waals surface area (Å²) in [5.41, 5.74) is 7.83. The first-order valence-electron chi connectivity index (χ1n) is 9.69. The van der Waals surface area contributed by atoms with Gasteiger partial charge >= 0.3 is 0 Å². The highest BCUT2D eigenvalue weighted by Crippen LogP contribution is 2.39. The number of pyridine rings is 1. The van der Waals surface area contributed by atoms with Gasteiger partial charge < -0.3 is 26.0 Å². The number of nitriles is 1. The van der Waals surface area contributed by atoms with Gasteiger partial charge in [-0.1, -0.05) is 0 Å². The van der Waals surface area contributed by atoms with Gasteiger partial charge in [0.05, 0.1) is 18.1 Å². The van der Waals surface area contributed by atoms with Crippen LogP contribution in [0.3, 0.4) is 0 Å². The monoisotopic (exact) mass is 438 g/mol. The van der Waals surface area contributed by atoms with E-state index >= 15 is 0 Å². The van der Waals surface area contributed by atoms with E-state index in [9.17, 15) is 5.11 Å². The molecule has 12 nitrogen and oxygen atoms in total. The number of nitrogens with two attached hydrogens (primary N) is 1. The number of aromatic nitrogens is 5.